The summed E-state index contributed by atoms with van der Waals surface area (Å²) in [6, 6.07) is 6.71. The molecular weight excluding hydrogens is 364 g/mol. The van der Waals surface area contributed by atoms with Crippen LogP contribution in [0.1, 0.15) is 55.3 Å². The average molecular weight is 390 g/mol. The number of amides is 3. The third-order valence-corrected chi connectivity index (χ3v) is 4.37. The predicted octanol–water partition coefficient (Wildman–Crippen LogP) is 2.33. The number of hydrogen-bond acceptors (Lipinski definition) is 6. The molecule has 2 atom stereocenters. The summed E-state index contributed by atoms with van der Waals surface area (Å²) in [6.07, 6.45) is -1.68. The Bertz CT molecular complexity index is 763. The first-order valence-electron chi connectivity index (χ1n) is 9.24. The number of carbonyl (C=O) groups is 3. The molecule has 2 aliphatic rings. The minimum atomic E-state index is -0.899. The van der Waals surface area contributed by atoms with Crippen molar-refractivity contribution in [2.24, 2.45) is 0 Å². The predicted molar refractivity (Wildman–Crippen MR) is 99.9 cm³/mol. The van der Waals surface area contributed by atoms with E-state index in [1.807, 2.05) is 0 Å². The average Bonchev–Trinajstić information content (AvgIpc) is 3.00. The second kappa shape index (κ2) is 7.18. The first-order valence-corrected chi connectivity index (χ1v) is 9.24. The van der Waals surface area contributed by atoms with Crippen molar-refractivity contribution in [2.75, 3.05) is 13.1 Å². The number of hydrogen-bond donors (Lipinski definition) is 1. The minimum absolute atomic E-state index is 0.0381. The summed E-state index contributed by atoms with van der Waals surface area (Å²) in [4.78, 5) is 38.3. The summed E-state index contributed by atoms with van der Waals surface area (Å²) in [5, 5.41) is 2.66. The van der Waals surface area contributed by atoms with E-state index in [4.69, 9.17) is 14.2 Å². The molecule has 152 valence electrons. The molecule has 1 saturated heterocycles. The number of benzene rings is 1. The fourth-order valence-electron chi connectivity index (χ4n) is 3.32. The fourth-order valence-corrected chi connectivity index (χ4v) is 3.32. The van der Waals surface area contributed by atoms with Crippen molar-refractivity contribution in [1.29, 1.82) is 0 Å². The van der Waals surface area contributed by atoms with Crippen molar-refractivity contribution < 1.29 is 28.6 Å². The van der Waals surface area contributed by atoms with Gasteiger partial charge in [0.2, 0.25) is 0 Å². The highest BCUT2D eigenvalue weighted by atomic mass is 16.8. The number of ether oxygens (including phenoxy) is 3. The molecule has 0 saturated carbocycles. The molecular formula is C20H26N2O6. The molecule has 0 bridgehead atoms. The monoisotopic (exact) mass is 390 g/mol. The van der Waals surface area contributed by atoms with Gasteiger partial charge in [-0.25, -0.2) is 4.79 Å². The number of nitrogens with one attached hydrogen (secondary N) is 1. The molecule has 0 radical (unpaired) electrons. The van der Waals surface area contributed by atoms with E-state index >= 15 is 0 Å². The first kappa shape index (κ1) is 20.3. The molecule has 0 spiro atoms. The Labute approximate surface area is 164 Å². The quantitative estimate of drug-likeness (QED) is 0.793. The highest BCUT2D eigenvalue weighted by Gasteiger charge is 2.45. The van der Waals surface area contributed by atoms with Gasteiger partial charge in [0.15, 0.2) is 5.79 Å². The maximum absolute atomic E-state index is 12.6. The third kappa shape index (κ3) is 4.34. The van der Waals surface area contributed by atoms with E-state index in [0.717, 1.165) is 0 Å². The van der Waals surface area contributed by atoms with Gasteiger partial charge in [0.1, 0.15) is 17.8 Å². The molecule has 2 aliphatic heterocycles. The largest absolute Gasteiger partial charge is 0.444 e. The van der Waals surface area contributed by atoms with Crippen LogP contribution < -0.4 is 5.32 Å². The Morgan fingerprint density at radius 2 is 1.64 bits per heavy atom. The fraction of sp³-hybridized carbons (Fsp3) is 0.550. The molecule has 3 rings (SSSR count). The normalized spacial score (nSPS) is 23.7. The second-order valence-corrected chi connectivity index (χ2v) is 8.36. The van der Waals surface area contributed by atoms with E-state index < -0.39 is 29.7 Å². The first-order chi connectivity index (χ1) is 13.0. The number of alkyl carbamates (subject to hydrolysis) is 1. The van der Waals surface area contributed by atoms with Crippen LogP contribution in [0.2, 0.25) is 0 Å². The van der Waals surface area contributed by atoms with Gasteiger partial charge in [-0.3, -0.25) is 14.5 Å². The highest BCUT2D eigenvalue weighted by molar-refractivity contribution is 6.21. The van der Waals surface area contributed by atoms with Crippen molar-refractivity contribution in [3.05, 3.63) is 35.4 Å². The van der Waals surface area contributed by atoms with Crippen LogP contribution in [0, 0.1) is 0 Å². The molecule has 1 N–H and O–H groups in total. The molecule has 3 amide bonds. The molecule has 0 aromatic heterocycles. The number of rotatable bonds is 4. The Morgan fingerprint density at radius 3 is 2.18 bits per heavy atom. The van der Waals surface area contributed by atoms with Crippen molar-refractivity contribution in [1.82, 2.24) is 10.2 Å². The topological polar surface area (TPSA) is 94.2 Å². The Balaban J connectivity index is 1.67. The van der Waals surface area contributed by atoms with Gasteiger partial charge in [-0.2, -0.15) is 0 Å². The Hall–Kier alpha value is -2.45. The van der Waals surface area contributed by atoms with E-state index in [2.05, 4.69) is 5.32 Å². The summed E-state index contributed by atoms with van der Waals surface area (Å²) in [7, 11) is 0. The molecule has 1 aromatic carbocycles. The minimum Gasteiger partial charge on any atom is -0.444 e. The van der Waals surface area contributed by atoms with Crippen LogP contribution >= 0.6 is 0 Å². The molecule has 1 unspecified atom stereocenters. The summed E-state index contributed by atoms with van der Waals surface area (Å²) in [5.74, 6) is -1.61. The summed E-state index contributed by atoms with van der Waals surface area (Å²) < 4.78 is 17.0. The highest BCUT2D eigenvalue weighted by Crippen LogP contribution is 2.31. The third-order valence-electron chi connectivity index (χ3n) is 4.37. The van der Waals surface area contributed by atoms with E-state index in [0.29, 0.717) is 11.1 Å². The second-order valence-electron chi connectivity index (χ2n) is 8.36. The number of imide groups is 1. The van der Waals surface area contributed by atoms with Crippen molar-refractivity contribution in [2.45, 2.75) is 58.2 Å². The Kier molecular flexibility index (Phi) is 5.20. The standard InChI is InChI=1S/C20H26N2O6/c1-19(2,3)28-18(25)21-10-14-15(27-20(4,5)26-14)11-22-16(23)12-8-6-7-9-13(12)17(22)24/h6-9,14-15H,10-11H2,1-5H3,(H,21,25)/t14-,15?/m1/s1. The number of nitrogens with zero attached hydrogens (tertiary/aromatic N) is 1. The van der Waals surface area contributed by atoms with Crippen LogP contribution in [0.4, 0.5) is 4.79 Å². The summed E-state index contributed by atoms with van der Waals surface area (Å²) in [6.45, 7) is 8.98. The van der Waals surface area contributed by atoms with Crippen LogP contribution in [-0.4, -0.2) is 59.5 Å². The van der Waals surface area contributed by atoms with Crippen LogP contribution in [0.25, 0.3) is 0 Å². The lowest BCUT2D eigenvalue weighted by atomic mass is 10.1. The molecule has 0 aliphatic carbocycles. The van der Waals surface area contributed by atoms with E-state index in [-0.39, 0.29) is 24.9 Å². The van der Waals surface area contributed by atoms with Crippen LogP contribution in [-0.2, 0) is 14.2 Å². The molecule has 28 heavy (non-hydrogen) atoms. The zero-order valence-corrected chi connectivity index (χ0v) is 16.8. The molecule has 2 heterocycles. The van der Waals surface area contributed by atoms with Gasteiger partial charge in [0, 0.05) is 6.54 Å². The number of carbonyl (C=O) groups excluding carboxylic acids is 3. The maximum atomic E-state index is 12.6. The lowest BCUT2D eigenvalue weighted by molar-refractivity contribution is -0.146. The molecule has 8 heteroatoms. The number of fused-ring (bicyclic) bond motifs is 1. The van der Waals surface area contributed by atoms with Gasteiger partial charge >= 0.3 is 6.09 Å². The van der Waals surface area contributed by atoms with Gasteiger partial charge in [-0.15, -0.1) is 0 Å². The summed E-state index contributed by atoms with van der Waals surface area (Å²) in [5.41, 5.74) is 0.152. The van der Waals surface area contributed by atoms with Crippen molar-refractivity contribution in [3.8, 4) is 0 Å². The van der Waals surface area contributed by atoms with Crippen molar-refractivity contribution in [3.63, 3.8) is 0 Å². The van der Waals surface area contributed by atoms with Crippen LogP contribution in [0.3, 0.4) is 0 Å². The Morgan fingerprint density at radius 1 is 1.11 bits per heavy atom. The molecule has 1 fully saturated rings. The van der Waals surface area contributed by atoms with E-state index in [9.17, 15) is 14.4 Å². The molecule has 8 nitrogen and oxygen atoms in total. The lowest BCUT2D eigenvalue weighted by Gasteiger charge is -2.23. The van der Waals surface area contributed by atoms with E-state index in [1.54, 1.807) is 58.9 Å². The van der Waals surface area contributed by atoms with Gasteiger partial charge in [0.05, 0.1) is 17.7 Å². The van der Waals surface area contributed by atoms with Gasteiger partial charge in [0.25, 0.3) is 11.8 Å². The van der Waals surface area contributed by atoms with Gasteiger partial charge in [-0.05, 0) is 46.8 Å². The van der Waals surface area contributed by atoms with E-state index in [1.165, 1.54) is 4.90 Å². The molecule has 1 aromatic rings. The zero-order valence-electron chi connectivity index (χ0n) is 16.8. The lowest BCUT2D eigenvalue weighted by Crippen LogP contribution is -2.45. The van der Waals surface area contributed by atoms with Crippen LogP contribution in [0.15, 0.2) is 24.3 Å². The van der Waals surface area contributed by atoms with Gasteiger partial charge in [-0.1, -0.05) is 12.1 Å². The van der Waals surface area contributed by atoms with Crippen molar-refractivity contribution >= 4 is 17.9 Å². The zero-order chi connectivity index (χ0) is 20.7. The maximum Gasteiger partial charge on any atom is 0.407 e. The van der Waals surface area contributed by atoms with Crippen LogP contribution in [0.5, 0.6) is 0 Å². The SMILES string of the molecule is CC(C)(C)OC(=O)NC[C@H]1OC(C)(C)OC1CN1C(=O)c2ccccc2C1=O. The summed E-state index contributed by atoms with van der Waals surface area (Å²) >= 11 is 0. The smallest absolute Gasteiger partial charge is 0.407 e. The van der Waals surface area contributed by atoms with Gasteiger partial charge < -0.3 is 19.5 Å².